The Morgan fingerprint density at radius 3 is 2.77 bits per heavy atom. The first-order valence-electron chi connectivity index (χ1n) is 6.70. The maximum Gasteiger partial charge on any atom is 0.304 e. The van der Waals surface area contributed by atoms with E-state index in [4.69, 9.17) is 16.7 Å². The van der Waals surface area contributed by atoms with Crippen LogP contribution in [-0.2, 0) is 9.59 Å². The van der Waals surface area contributed by atoms with Gasteiger partial charge < -0.3 is 10.0 Å². The van der Waals surface area contributed by atoms with Gasteiger partial charge in [-0.05, 0) is 12.1 Å². The molecule has 1 aromatic rings. The van der Waals surface area contributed by atoms with Crippen molar-refractivity contribution < 1.29 is 19.5 Å². The van der Waals surface area contributed by atoms with Crippen molar-refractivity contribution in [1.82, 2.24) is 4.90 Å². The summed E-state index contributed by atoms with van der Waals surface area (Å²) in [6.07, 6.45) is -0.384. The van der Waals surface area contributed by atoms with Gasteiger partial charge in [0, 0.05) is 23.4 Å². The van der Waals surface area contributed by atoms with Gasteiger partial charge in [-0.15, -0.1) is 11.8 Å². The van der Waals surface area contributed by atoms with Crippen LogP contribution in [0.4, 0.5) is 0 Å². The van der Waals surface area contributed by atoms with E-state index in [0.29, 0.717) is 27.9 Å². The molecule has 0 spiro atoms. The summed E-state index contributed by atoms with van der Waals surface area (Å²) in [6, 6.07) is 6.58. The van der Waals surface area contributed by atoms with Gasteiger partial charge in [0.2, 0.25) is 5.91 Å². The third-order valence-electron chi connectivity index (χ3n) is 3.68. The second-order valence-electron chi connectivity index (χ2n) is 5.02. The normalized spacial score (nSPS) is 20.5. The van der Waals surface area contributed by atoms with Gasteiger partial charge in [0.05, 0.1) is 22.4 Å². The van der Waals surface area contributed by atoms with Crippen LogP contribution in [0.25, 0.3) is 0 Å². The van der Waals surface area contributed by atoms with Gasteiger partial charge in [0.1, 0.15) is 0 Å². The maximum atomic E-state index is 12.8. The highest BCUT2D eigenvalue weighted by Gasteiger charge is 2.46. The summed E-state index contributed by atoms with van der Waals surface area (Å²) in [5, 5.41) is 9.92. The zero-order valence-electron chi connectivity index (χ0n) is 11.4. The number of hydrogen-bond donors (Lipinski definition) is 1. The third kappa shape index (κ3) is 2.42. The molecular formula is C15H12ClNO4S. The fourth-order valence-corrected chi connectivity index (χ4v) is 4.13. The Hall–Kier alpha value is -1.79. The minimum Gasteiger partial charge on any atom is -0.481 e. The molecular weight excluding hydrogens is 326 g/mol. The fraction of sp³-hybridized carbons (Fsp3) is 0.267. The lowest BCUT2D eigenvalue weighted by Crippen LogP contribution is -2.29. The summed E-state index contributed by atoms with van der Waals surface area (Å²) in [6.45, 7) is 0.508. The number of hydrogen-bond acceptors (Lipinski definition) is 4. The van der Waals surface area contributed by atoms with E-state index in [1.165, 1.54) is 16.7 Å². The highest BCUT2D eigenvalue weighted by atomic mass is 35.5. The van der Waals surface area contributed by atoms with E-state index in [0.717, 1.165) is 0 Å². The summed E-state index contributed by atoms with van der Waals surface area (Å²) in [7, 11) is 0. The first-order chi connectivity index (χ1) is 10.5. The van der Waals surface area contributed by atoms with Crippen molar-refractivity contribution >= 4 is 41.0 Å². The van der Waals surface area contributed by atoms with Crippen LogP contribution in [0.2, 0.25) is 5.02 Å². The van der Waals surface area contributed by atoms with Gasteiger partial charge >= 0.3 is 5.97 Å². The number of aliphatic carboxylic acids is 1. The number of carbonyl (C=O) groups is 3. The van der Waals surface area contributed by atoms with E-state index in [1.807, 2.05) is 0 Å². The molecule has 0 aromatic heterocycles. The Morgan fingerprint density at radius 2 is 2.09 bits per heavy atom. The molecule has 0 aliphatic carbocycles. The number of nitrogens with zero attached hydrogens (tertiary/aromatic N) is 1. The van der Waals surface area contributed by atoms with Crippen LogP contribution in [0, 0.1) is 5.92 Å². The van der Waals surface area contributed by atoms with E-state index in [2.05, 4.69) is 0 Å². The highest BCUT2D eigenvalue weighted by Crippen LogP contribution is 2.43. The first kappa shape index (κ1) is 15.1. The summed E-state index contributed by atoms with van der Waals surface area (Å²) in [4.78, 5) is 37.8. The Morgan fingerprint density at radius 1 is 1.36 bits per heavy atom. The highest BCUT2D eigenvalue weighted by molar-refractivity contribution is 8.03. The molecule has 1 fully saturated rings. The second-order valence-corrected chi connectivity index (χ2v) is 6.51. The number of Topliss-reactive ketones (excluding diaryl/α,β-unsaturated/α-hetero) is 1. The topological polar surface area (TPSA) is 74.7 Å². The average Bonchev–Trinajstić information content (AvgIpc) is 3.02. The van der Waals surface area contributed by atoms with E-state index < -0.39 is 11.9 Å². The number of rotatable bonds is 4. The van der Waals surface area contributed by atoms with Gasteiger partial charge in [-0.3, -0.25) is 14.4 Å². The van der Waals surface area contributed by atoms with Gasteiger partial charge in [-0.2, -0.15) is 0 Å². The molecule has 22 heavy (non-hydrogen) atoms. The average molecular weight is 338 g/mol. The predicted octanol–water partition coefficient (Wildman–Crippen LogP) is 2.41. The van der Waals surface area contributed by atoms with E-state index >= 15 is 0 Å². The smallest absolute Gasteiger partial charge is 0.304 e. The number of carboxylic acids is 1. The Labute approximate surface area is 135 Å². The SMILES string of the molecule is O=C(O)C[C@H]1C(=O)N2CCSC2=C1C(=O)c1ccccc1Cl. The number of carbonyl (C=O) groups excluding carboxylic acids is 2. The van der Waals surface area contributed by atoms with Gasteiger partial charge in [0.25, 0.3) is 0 Å². The molecule has 2 aliphatic rings. The van der Waals surface area contributed by atoms with Crippen LogP contribution in [0.5, 0.6) is 0 Å². The first-order valence-corrected chi connectivity index (χ1v) is 8.06. The molecule has 1 saturated heterocycles. The van der Waals surface area contributed by atoms with Crippen LogP contribution < -0.4 is 0 Å². The number of ketones is 1. The van der Waals surface area contributed by atoms with Crippen LogP contribution in [-0.4, -0.2) is 40.0 Å². The van der Waals surface area contributed by atoms with Crippen molar-refractivity contribution in [3.8, 4) is 0 Å². The molecule has 0 bridgehead atoms. The van der Waals surface area contributed by atoms with Gasteiger partial charge in [-0.25, -0.2) is 0 Å². The van der Waals surface area contributed by atoms with Crippen molar-refractivity contribution in [1.29, 1.82) is 0 Å². The molecule has 7 heteroatoms. The quantitative estimate of drug-likeness (QED) is 0.854. The zero-order valence-corrected chi connectivity index (χ0v) is 13.0. The van der Waals surface area contributed by atoms with Crippen molar-refractivity contribution in [2.24, 2.45) is 5.92 Å². The van der Waals surface area contributed by atoms with E-state index in [9.17, 15) is 14.4 Å². The lowest BCUT2D eigenvalue weighted by Gasteiger charge is -2.12. The molecule has 0 radical (unpaired) electrons. The minimum atomic E-state index is -1.10. The molecule has 3 rings (SSSR count). The Kier molecular flexibility index (Phi) is 3.97. The fourth-order valence-electron chi connectivity index (χ4n) is 2.72. The molecule has 2 heterocycles. The Bertz CT molecular complexity index is 715. The number of amides is 1. The standard InChI is InChI=1S/C15H12ClNO4S/c16-10-4-2-1-3-8(10)13(20)12-9(7-11(18)19)14(21)17-5-6-22-15(12)17/h1-4,9H,5-7H2,(H,18,19)/t9-/m1/s1. The van der Waals surface area contributed by atoms with Gasteiger partial charge in [-0.1, -0.05) is 23.7 Å². The summed E-state index contributed by atoms with van der Waals surface area (Å²) < 4.78 is 0. The second kappa shape index (κ2) is 5.78. The van der Waals surface area contributed by atoms with Crippen LogP contribution in [0.1, 0.15) is 16.8 Å². The summed E-state index contributed by atoms with van der Waals surface area (Å²) >= 11 is 7.48. The van der Waals surface area contributed by atoms with Crippen molar-refractivity contribution in [2.75, 3.05) is 12.3 Å². The molecule has 5 nitrogen and oxygen atoms in total. The molecule has 0 unspecified atom stereocenters. The van der Waals surface area contributed by atoms with Gasteiger partial charge in [0.15, 0.2) is 5.78 Å². The molecule has 114 valence electrons. The number of thioether (sulfide) groups is 1. The van der Waals surface area contributed by atoms with Crippen LogP contribution in [0.3, 0.4) is 0 Å². The molecule has 2 aliphatic heterocycles. The monoisotopic (exact) mass is 337 g/mol. The molecule has 1 aromatic carbocycles. The van der Waals surface area contributed by atoms with Crippen LogP contribution >= 0.6 is 23.4 Å². The van der Waals surface area contributed by atoms with Crippen molar-refractivity contribution in [2.45, 2.75) is 6.42 Å². The third-order valence-corrected chi connectivity index (χ3v) is 5.11. The zero-order chi connectivity index (χ0) is 15.9. The molecule has 1 amide bonds. The number of fused-ring (bicyclic) bond motifs is 1. The molecule has 1 N–H and O–H groups in total. The van der Waals surface area contributed by atoms with Crippen molar-refractivity contribution in [3.05, 3.63) is 45.5 Å². The summed E-state index contributed by atoms with van der Waals surface area (Å²) in [5.74, 6) is -1.99. The maximum absolute atomic E-state index is 12.8. The largest absolute Gasteiger partial charge is 0.481 e. The predicted molar refractivity (Wildman–Crippen MR) is 82.7 cm³/mol. The van der Waals surface area contributed by atoms with Crippen LogP contribution in [0.15, 0.2) is 34.9 Å². The summed E-state index contributed by atoms with van der Waals surface area (Å²) in [5.41, 5.74) is 0.562. The molecule has 1 atom stereocenters. The number of carboxylic acid groups (broad SMARTS) is 1. The van der Waals surface area contributed by atoms with Crippen molar-refractivity contribution in [3.63, 3.8) is 0 Å². The number of benzene rings is 1. The Balaban J connectivity index is 2.06. The lowest BCUT2D eigenvalue weighted by molar-refractivity contribution is -0.141. The van der Waals surface area contributed by atoms with E-state index in [-0.39, 0.29) is 23.7 Å². The van der Waals surface area contributed by atoms with E-state index in [1.54, 1.807) is 24.3 Å². The number of halogens is 1. The minimum absolute atomic E-state index is 0.267. The lowest BCUT2D eigenvalue weighted by atomic mass is 9.91. The molecule has 0 saturated carbocycles.